The van der Waals surface area contributed by atoms with Crippen molar-refractivity contribution in [2.75, 3.05) is 31.3 Å². The van der Waals surface area contributed by atoms with Gasteiger partial charge in [0.15, 0.2) is 0 Å². The summed E-state index contributed by atoms with van der Waals surface area (Å²) >= 11 is 1.65. The average Bonchev–Trinajstić information content (AvgIpc) is 3.17. The van der Waals surface area contributed by atoms with E-state index in [9.17, 15) is 9.59 Å². The molecule has 0 aromatic heterocycles. The molecule has 140 valence electrons. The van der Waals surface area contributed by atoms with Gasteiger partial charge >= 0.3 is 0 Å². The standard InChI is InChI=1S/C20H26N2O3S/c1-2-25-17-9-6-16(7-10-17)8-11-19(23)22-15-26-14-18(22)20(24)21-12-4-3-5-13-21/h6-11,18H,2-5,12-15H2,1H3. The van der Waals surface area contributed by atoms with Crippen LogP contribution in [0.4, 0.5) is 0 Å². The van der Waals surface area contributed by atoms with E-state index in [1.165, 1.54) is 6.42 Å². The monoisotopic (exact) mass is 374 g/mol. The summed E-state index contributed by atoms with van der Waals surface area (Å²) in [5, 5.41) is 0. The summed E-state index contributed by atoms with van der Waals surface area (Å²) in [7, 11) is 0. The van der Waals surface area contributed by atoms with Crippen molar-refractivity contribution in [3.63, 3.8) is 0 Å². The topological polar surface area (TPSA) is 49.9 Å². The first-order chi connectivity index (χ1) is 12.7. The second kappa shape index (κ2) is 9.12. The normalized spacial score (nSPS) is 20.6. The fourth-order valence-electron chi connectivity index (χ4n) is 3.29. The molecule has 0 aliphatic carbocycles. The molecule has 0 saturated carbocycles. The Bertz CT molecular complexity index is 654. The number of benzene rings is 1. The van der Waals surface area contributed by atoms with E-state index >= 15 is 0 Å². The van der Waals surface area contributed by atoms with Gasteiger partial charge in [0.05, 0.1) is 12.5 Å². The number of amides is 2. The van der Waals surface area contributed by atoms with E-state index < -0.39 is 0 Å². The molecule has 0 N–H and O–H groups in total. The maximum absolute atomic E-state index is 12.8. The molecule has 0 spiro atoms. The van der Waals surface area contributed by atoms with Crippen molar-refractivity contribution < 1.29 is 14.3 Å². The van der Waals surface area contributed by atoms with Crippen molar-refractivity contribution in [3.8, 4) is 5.75 Å². The summed E-state index contributed by atoms with van der Waals surface area (Å²) in [5.74, 6) is 2.10. The molecule has 2 fully saturated rings. The molecule has 1 aromatic carbocycles. The number of ether oxygens (including phenoxy) is 1. The highest BCUT2D eigenvalue weighted by atomic mass is 32.2. The summed E-state index contributed by atoms with van der Waals surface area (Å²) in [6, 6.07) is 7.30. The lowest BCUT2D eigenvalue weighted by atomic mass is 10.1. The van der Waals surface area contributed by atoms with Crippen LogP contribution in [0.2, 0.25) is 0 Å². The molecule has 5 nitrogen and oxygen atoms in total. The Morgan fingerprint density at radius 2 is 1.92 bits per heavy atom. The highest BCUT2D eigenvalue weighted by Gasteiger charge is 2.36. The highest BCUT2D eigenvalue weighted by Crippen LogP contribution is 2.24. The molecule has 2 heterocycles. The molecule has 1 atom stereocenters. The van der Waals surface area contributed by atoms with Crippen LogP contribution in [0.3, 0.4) is 0 Å². The molecule has 0 radical (unpaired) electrons. The van der Waals surface area contributed by atoms with Gasteiger partial charge in [0.1, 0.15) is 11.8 Å². The lowest BCUT2D eigenvalue weighted by molar-refractivity contribution is -0.141. The first-order valence-electron chi connectivity index (χ1n) is 9.27. The molecular formula is C20H26N2O3S. The van der Waals surface area contributed by atoms with Gasteiger partial charge in [-0.3, -0.25) is 9.59 Å². The second-order valence-corrected chi connectivity index (χ2v) is 7.54. The van der Waals surface area contributed by atoms with E-state index in [4.69, 9.17) is 4.74 Å². The van der Waals surface area contributed by atoms with Crippen molar-refractivity contribution in [2.45, 2.75) is 32.2 Å². The van der Waals surface area contributed by atoms with Crippen LogP contribution >= 0.6 is 11.8 Å². The third kappa shape index (κ3) is 4.61. The lowest BCUT2D eigenvalue weighted by Crippen LogP contribution is -2.50. The zero-order valence-electron chi connectivity index (χ0n) is 15.2. The molecule has 1 unspecified atom stereocenters. The maximum atomic E-state index is 12.8. The van der Waals surface area contributed by atoms with E-state index in [0.29, 0.717) is 18.2 Å². The van der Waals surface area contributed by atoms with Gasteiger partial charge < -0.3 is 14.5 Å². The number of hydrogen-bond acceptors (Lipinski definition) is 4. The van der Waals surface area contributed by atoms with Gasteiger partial charge in [-0.25, -0.2) is 0 Å². The van der Waals surface area contributed by atoms with Crippen LogP contribution in [0.5, 0.6) is 5.75 Å². The Kier molecular flexibility index (Phi) is 6.61. The number of piperidine rings is 1. The van der Waals surface area contributed by atoms with Crippen LogP contribution in [0.25, 0.3) is 6.08 Å². The van der Waals surface area contributed by atoms with E-state index in [2.05, 4.69) is 0 Å². The second-order valence-electron chi connectivity index (χ2n) is 6.55. The number of likely N-dealkylation sites (tertiary alicyclic amines) is 1. The molecule has 2 saturated heterocycles. The smallest absolute Gasteiger partial charge is 0.247 e. The molecule has 3 rings (SSSR count). The number of hydrogen-bond donors (Lipinski definition) is 0. The Labute approximate surface area is 159 Å². The van der Waals surface area contributed by atoms with E-state index in [-0.39, 0.29) is 17.9 Å². The zero-order valence-corrected chi connectivity index (χ0v) is 16.0. The highest BCUT2D eigenvalue weighted by molar-refractivity contribution is 7.99. The number of thioether (sulfide) groups is 1. The molecule has 2 amide bonds. The largest absolute Gasteiger partial charge is 0.494 e. The van der Waals surface area contributed by atoms with Gasteiger partial charge in [-0.05, 0) is 50.0 Å². The van der Waals surface area contributed by atoms with Crippen molar-refractivity contribution in [2.24, 2.45) is 0 Å². The lowest BCUT2D eigenvalue weighted by Gasteiger charge is -2.31. The van der Waals surface area contributed by atoms with Crippen molar-refractivity contribution in [1.29, 1.82) is 0 Å². The fraction of sp³-hybridized carbons (Fsp3) is 0.500. The Hall–Kier alpha value is -1.95. The van der Waals surface area contributed by atoms with Crippen LogP contribution < -0.4 is 4.74 Å². The Balaban J connectivity index is 1.61. The minimum absolute atomic E-state index is 0.0979. The number of rotatable bonds is 5. The van der Waals surface area contributed by atoms with Crippen LogP contribution in [-0.4, -0.2) is 59.0 Å². The zero-order chi connectivity index (χ0) is 18.4. The predicted octanol–water partition coefficient (Wildman–Crippen LogP) is 3.01. The molecule has 26 heavy (non-hydrogen) atoms. The minimum atomic E-state index is -0.324. The summed E-state index contributed by atoms with van der Waals surface area (Å²) in [6.07, 6.45) is 6.69. The fourth-order valence-corrected chi connectivity index (χ4v) is 4.45. The van der Waals surface area contributed by atoms with Crippen molar-refractivity contribution >= 4 is 29.7 Å². The van der Waals surface area contributed by atoms with Gasteiger partial charge in [0.25, 0.3) is 0 Å². The minimum Gasteiger partial charge on any atom is -0.494 e. The molecular weight excluding hydrogens is 348 g/mol. The Morgan fingerprint density at radius 1 is 1.19 bits per heavy atom. The molecule has 2 aliphatic heterocycles. The summed E-state index contributed by atoms with van der Waals surface area (Å²) in [6.45, 7) is 4.23. The van der Waals surface area contributed by atoms with Crippen LogP contribution in [-0.2, 0) is 9.59 Å². The van der Waals surface area contributed by atoms with Gasteiger partial charge in [-0.15, -0.1) is 11.8 Å². The average molecular weight is 375 g/mol. The first-order valence-corrected chi connectivity index (χ1v) is 10.4. The number of nitrogens with zero attached hydrogens (tertiary/aromatic N) is 2. The van der Waals surface area contributed by atoms with Gasteiger partial charge in [0, 0.05) is 24.9 Å². The van der Waals surface area contributed by atoms with Gasteiger partial charge in [0.2, 0.25) is 11.8 Å². The number of carbonyl (C=O) groups excluding carboxylic acids is 2. The third-order valence-electron chi connectivity index (χ3n) is 4.73. The quantitative estimate of drug-likeness (QED) is 0.744. The van der Waals surface area contributed by atoms with Gasteiger partial charge in [-0.2, -0.15) is 0 Å². The van der Waals surface area contributed by atoms with Crippen LogP contribution in [0.1, 0.15) is 31.7 Å². The van der Waals surface area contributed by atoms with Crippen molar-refractivity contribution in [1.82, 2.24) is 9.80 Å². The molecule has 0 bridgehead atoms. The summed E-state index contributed by atoms with van der Waals surface area (Å²) in [5.41, 5.74) is 0.938. The summed E-state index contributed by atoms with van der Waals surface area (Å²) < 4.78 is 5.42. The maximum Gasteiger partial charge on any atom is 0.247 e. The summed E-state index contributed by atoms with van der Waals surface area (Å²) in [4.78, 5) is 29.0. The molecule has 2 aliphatic rings. The van der Waals surface area contributed by atoms with Gasteiger partial charge in [-0.1, -0.05) is 12.1 Å². The van der Waals surface area contributed by atoms with Crippen molar-refractivity contribution in [3.05, 3.63) is 35.9 Å². The van der Waals surface area contributed by atoms with E-state index in [0.717, 1.165) is 37.2 Å². The van der Waals surface area contributed by atoms with Crippen LogP contribution in [0.15, 0.2) is 30.3 Å². The van der Waals surface area contributed by atoms with E-state index in [1.54, 1.807) is 28.8 Å². The first kappa shape index (κ1) is 18.8. The molecule has 1 aromatic rings. The number of carbonyl (C=O) groups is 2. The SMILES string of the molecule is CCOc1ccc(C=CC(=O)N2CSCC2C(=O)N2CCCCC2)cc1. The Morgan fingerprint density at radius 3 is 2.62 bits per heavy atom. The third-order valence-corrected chi connectivity index (χ3v) is 5.74. The predicted molar refractivity (Wildman–Crippen MR) is 105 cm³/mol. The van der Waals surface area contributed by atoms with E-state index in [1.807, 2.05) is 36.1 Å². The molecule has 6 heteroatoms. The van der Waals surface area contributed by atoms with Crippen LogP contribution in [0, 0.1) is 0 Å².